The maximum Gasteiger partial charge on any atom is 0.166 e. The summed E-state index contributed by atoms with van der Waals surface area (Å²) < 4.78 is 5.24. The Bertz CT molecular complexity index is 415. The fourth-order valence-electron chi connectivity index (χ4n) is 2.21. The van der Waals surface area contributed by atoms with E-state index in [1.54, 1.807) is 25.3 Å². The molecule has 3 heteroatoms. The van der Waals surface area contributed by atoms with Gasteiger partial charge >= 0.3 is 0 Å². The number of Topliss-reactive ketones (excluding diaryl/α,β-unsaturated/α-hetero) is 1. The molecule has 0 saturated carbocycles. The number of ketones is 1. The van der Waals surface area contributed by atoms with Crippen LogP contribution in [-0.4, -0.2) is 12.9 Å². The van der Waals surface area contributed by atoms with Gasteiger partial charge in [-0.3, -0.25) is 4.79 Å². The lowest BCUT2D eigenvalue weighted by atomic mass is 9.91. The third-order valence-corrected chi connectivity index (χ3v) is 3.72. The van der Waals surface area contributed by atoms with Crippen LogP contribution in [0.25, 0.3) is 0 Å². The summed E-state index contributed by atoms with van der Waals surface area (Å²) in [6.45, 7) is 4.32. The highest BCUT2D eigenvalue weighted by molar-refractivity contribution is 6.30. The average molecular weight is 283 g/mol. The molecule has 106 valence electrons. The van der Waals surface area contributed by atoms with E-state index in [1.807, 2.05) is 0 Å². The number of carbonyl (C=O) groups excluding carboxylic acids is 1. The molecule has 0 heterocycles. The summed E-state index contributed by atoms with van der Waals surface area (Å²) in [6.07, 6.45) is 5.11. The molecule has 0 aliphatic rings. The van der Waals surface area contributed by atoms with Crippen molar-refractivity contribution in [3.8, 4) is 5.75 Å². The molecule has 0 N–H and O–H groups in total. The number of benzene rings is 1. The van der Waals surface area contributed by atoms with Crippen molar-refractivity contribution in [3.63, 3.8) is 0 Å². The van der Waals surface area contributed by atoms with Gasteiger partial charge in [0.1, 0.15) is 5.75 Å². The van der Waals surface area contributed by atoms with Crippen LogP contribution in [0, 0.1) is 5.92 Å². The summed E-state index contributed by atoms with van der Waals surface area (Å²) >= 11 is 5.91. The van der Waals surface area contributed by atoms with E-state index in [4.69, 9.17) is 16.3 Å². The van der Waals surface area contributed by atoms with Crippen molar-refractivity contribution in [2.75, 3.05) is 7.11 Å². The van der Waals surface area contributed by atoms with E-state index in [0.717, 1.165) is 12.8 Å². The Labute approximate surface area is 121 Å². The third kappa shape index (κ3) is 4.87. The molecule has 0 amide bonds. The van der Waals surface area contributed by atoms with Crippen LogP contribution in [-0.2, 0) is 0 Å². The Kier molecular flexibility index (Phi) is 6.93. The van der Waals surface area contributed by atoms with Crippen LogP contribution in [0.4, 0.5) is 0 Å². The second-order valence-corrected chi connectivity index (χ2v) is 5.32. The maximum atomic E-state index is 12.3. The summed E-state index contributed by atoms with van der Waals surface area (Å²) in [5.41, 5.74) is 0.641. The number of ether oxygens (including phenoxy) is 1. The molecule has 1 aromatic carbocycles. The largest absolute Gasteiger partial charge is 0.496 e. The van der Waals surface area contributed by atoms with E-state index in [-0.39, 0.29) is 5.78 Å². The highest BCUT2D eigenvalue weighted by Gasteiger charge is 2.17. The first-order valence-electron chi connectivity index (χ1n) is 6.99. The Morgan fingerprint density at radius 3 is 2.68 bits per heavy atom. The zero-order chi connectivity index (χ0) is 14.3. The van der Waals surface area contributed by atoms with Gasteiger partial charge in [0.25, 0.3) is 0 Å². The molecule has 0 fully saturated rings. The third-order valence-electron chi connectivity index (χ3n) is 3.48. The van der Waals surface area contributed by atoms with Gasteiger partial charge in [-0.25, -0.2) is 0 Å². The van der Waals surface area contributed by atoms with Gasteiger partial charge in [0.15, 0.2) is 5.78 Å². The number of halogens is 1. The van der Waals surface area contributed by atoms with E-state index >= 15 is 0 Å². The molecule has 1 aromatic rings. The van der Waals surface area contributed by atoms with Gasteiger partial charge in [-0.05, 0) is 24.1 Å². The Morgan fingerprint density at radius 1 is 1.37 bits per heavy atom. The fourth-order valence-corrected chi connectivity index (χ4v) is 2.37. The minimum absolute atomic E-state index is 0.150. The van der Waals surface area contributed by atoms with Crippen molar-refractivity contribution in [2.24, 2.45) is 5.92 Å². The molecule has 0 aromatic heterocycles. The normalized spacial score (nSPS) is 12.2. The number of hydrogen-bond donors (Lipinski definition) is 0. The highest BCUT2D eigenvalue weighted by Crippen LogP contribution is 2.27. The van der Waals surface area contributed by atoms with Crippen LogP contribution in [0.5, 0.6) is 5.75 Å². The molecule has 1 atom stereocenters. The number of carbonyl (C=O) groups is 1. The minimum Gasteiger partial charge on any atom is -0.496 e. The van der Waals surface area contributed by atoms with Gasteiger partial charge in [0, 0.05) is 11.4 Å². The van der Waals surface area contributed by atoms with E-state index in [1.165, 1.54) is 12.8 Å². The van der Waals surface area contributed by atoms with Crippen molar-refractivity contribution < 1.29 is 9.53 Å². The van der Waals surface area contributed by atoms with Crippen LogP contribution in [0.15, 0.2) is 18.2 Å². The van der Waals surface area contributed by atoms with Crippen molar-refractivity contribution in [1.82, 2.24) is 0 Å². The predicted octanol–water partition coefficient (Wildman–Crippen LogP) is 5.14. The van der Waals surface area contributed by atoms with Crippen LogP contribution in [0.3, 0.4) is 0 Å². The van der Waals surface area contributed by atoms with Crippen LogP contribution in [0.2, 0.25) is 5.02 Å². The number of rotatable bonds is 8. The van der Waals surface area contributed by atoms with E-state index in [0.29, 0.717) is 28.7 Å². The van der Waals surface area contributed by atoms with Gasteiger partial charge in [0.05, 0.1) is 12.7 Å². The summed E-state index contributed by atoms with van der Waals surface area (Å²) in [7, 11) is 1.57. The fraction of sp³-hybridized carbons (Fsp3) is 0.562. The molecule has 2 nitrogen and oxygen atoms in total. The number of unbranched alkanes of at least 4 members (excludes halogenated alkanes) is 1. The van der Waals surface area contributed by atoms with Gasteiger partial charge in [0.2, 0.25) is 0 Å². The monoisotopic (exact) mass is 282 g/mol. The average Bonchev–Trinajstić information content (AvgIpc) is 2.42. The molecule has 1 rings (SSSR count). The lowest BCUT2D eigenvalue weighted by molar-refractivity contribution is 0.0954. The van der Waals surface area contributed by atoms with Crippen LogP contribution in [0.1, 0.15) is 56.3 Å². The van der Waals surface area contributed by atoms with Gasteiger partial charge in [-0.2, -0.15) is 0 Å². The maximum absolute atomic E-state index is 12.3. The van der Waals surface area contributed by atoms with E-state index in [2.05, 4.69) is 13.8 Å². The molecular formula is C16H23ClO2. The molecule has 0 aliphatic heterocycles. The zero-order valence-corrected chi connectivity index (χ0v) is 12.8. The van der Waals surface area contributed by atoms with Crippen molar-refractivity contribution in [2.45, 2.75) is 46.0 Å². The lowest BCUT2D eigenvalue weighted by Crippen LogP contribution is -2.09. The van der Waals surface area contributed by atoms with Crippen molar-refractivity contribution >= 4 is 17.4 Å². The molecule has 0 aliphatic carbocycles. The molecule has 0 spiro atoms. The second-order valence-electron chi connectivity index (χ2n) is 4.89. The quantitative estimate of drug-likeness (QED) is 0.617. The van der Waals surface area contributed by atoms with E-state index in [9.17, 15) is 4.79 Å². The molecule has 0 saturated heterocycles. The minimum atomic E-state index is 0.150. The van der Waals surface area contributed by atoms with Crippen LogP contribution < -0.4 is 4.74 Å². The Balaban J connectivity index is 2.76. The first kappa shape index (κ1) is 16.0. The topological polar surface area (TPSA) is 26.3 Å². The standard InChI is InChI=1S/C16H23ClO2/c1-4-6-7-12(5-2)10-15(18)14-9-8-13(17)11-16(14)19-3/h8-9,11-12H,4-7,10H2,1-3H3. The molecule has 19 heavy (non-hydrogen) atoms. The molecule has 0 radical (unpaired) electrons. The van der Waals surface area contributed by atoms with E-state index < -0.39 is 0 Å². The highest BCUT2D eigenvalue weighted by atomic mass is 35.5. The second kappa shape index (κ2) is 8.21. The zero-order valence-electron chi connectivity index (χ0n) is 12.0. The molecule has 1 unspecified atom stereocenters. The van der Waals surface area contributed by atoms with Gasteiger partial charge < -0.3 is 4.74 Å². The lowest BCUT2D eigenvalue weighted by Gasteiger charge is -2.14. The molecule has 0 bridgehead atoms. The summed E-state index contributed by atoms with van der Waals surface area (Å²) in [5.74, 6) is 1.19. The molecular weight excluding hydrogens is 260 g/mol. The summed E-state index contributed by atoms with van der Waals surface area (Å²) in [4.78, 5) is 12.3. The van der Waals surface area contributed by atoms with Crippen molar-refractivity contribution in [3.05, 3.63) is 28.8 Å². The first-order valence-corrected chi connectivity index (χ1v) is 7.36. The SMILES string of the molecule is CCCCC(CC)CC(=O)c1ccc(Cl)cc1OC. The summed E-state index contributed by atoms with van der Waals surface area (Å²) in [5, 5.41) is 0.589. The number of methoxy groups -OCH3 is 1. The van der Waals surface area contributed by atoms with Gasteiger partial charge in [-0.1, -0.05) is 51.1 Å². The summed E-state index contributed by atoms with van der Waals surface area (Å²) in [6, 6.07) is 5.20. The Hall–Kier alpha value is -1.02. The predicted molar refractivity (Wildman–Crippen MR) is 80.3 cm³/mol. The smallest absolute Gasteiger partial charge is 0.166 e. The van der Waals surface area contributed by atoms with Crippen molar-refractivity contribution in [1.29, 1.82) is 0 Å². The van der Waals surface area contributed by atoms with Crippen LogP contribution >= 0.6 is 11.6 Å². The van der Waals surface area contributed by atoms with Gasteiger partial charge in [-0.15, -0.1) is 0 Å². The number of hydrogen-bond acceptors (Lipinski definition) is 2. The first-order chi connectivity index (χ1) is 9.12. The Morgan fingerprint density at radius 2 is 2.11 bits per heavy atom.